The lowest BCUT2D eigenvalue weighted by Gasteiger charge is -2.29. The van der Waals surface area contributed by atoms with Crippen LogP contribution in [0.15, 0.2) is 91.0 Å². The molecule has 0 amide bonds. The number of hydrogen-bond donors (Lipinski definition) is 0. The quantitative estimate of drug-likeness (QED) is 0.450. The Kier molecular flexibility index (Phi) is 6.07. The molecule has 0 aliphatic rings. The zero-order valence-electron chi connectivity index (χ0n) is 16.6. The predicted octanol–water partition coefficient (Wildman–Crippen LogP) is 4.48. The smallest absolute Gasteiger partial charge is 0.165 e. The van der Waals surface area contributed by atoms with Gasteiger partial charge in [0, 0.05) is 12.6 Å². The van der Waals surface area contributed by atoms with Crippen LogP contribution >= 0.6 is 0 Å². The van der Waals surface area contributed by atoms with Crippen LogP contribution in [0.2, 0.25) is 0 Å². The molecule has 29 heavy (non-hydrogen) atoms. The van der Waals surface area contributed by atoms with E-state index in [1.807, 2.05) is 22.9 Å². The van der Waals surface area contributed by atoms with Crippen molar-refractivity contribution in [3.63, 3.8) is 0 Å². The predicted molar refractivity (Wildman–Crippen MR) is 114 cm³/mol. The van der Waals surface area contributed by atoms with Crippen LogP contribution in [-0.4, -0.2) is 25.1 Å². The Bertz CT molecular complexity index is 999. The highest BCUT2D eigenvalue weighted by Gasteiger charge is 2.20. The van der Waals surface area contributed by atoms with E-state index in [2.05, 4.69) is 100 Å². The first kappa shape index (κ1) is 19.0. The van der Waals surface area contributed by atoms with Crippen molar-refractivity contribution in [1.29, 1.82) is 0 Å². The Morgan fingerprint density at radius 2 is 1.34 bits per heavy atom. The molecule has 0 spiro atoms. The van der Waals surface area contributed by atoms with Crippen LogP contribution in [0, 0.1) is 0 Å². The highest BCUT2D eigenvalue weighted by atomic mass is 15.5. The molecule has 0 aliphatic heterocycles. The highest BCUT2D eigenvalue weighted by molar-refractivity contribution is 5.20. The number of aromatic nitrogens is 4. The molecule has 0 radical (unpaired) electrons. The van der Waals surface area contributed by atoms with Crippen LogP contribution < -0.4 is 0 Å². The van der Waals surface area contributed by atoms with E-state index in [0.29, 0.717) is 13.1 Å². The van der Waals surface area contributed by atoms with Crippen molar-refractivity contribution in [3.8, 4) is 0 Å². The molecule has 4 aromatic rings. The van der Waals surface area contributed by atoms with Crippen molar-refractivity contribution in [2.24, 2.45) is 0 Å². The maximum atomic E-state index is 4.33. The Morgan fingerprint density at radius 1 is 0.759 bits per heavy atom. The molecule has 0 saturated carbocycles. The third-order valence-corrected chi connectivity index (χ3v) is 5.18. The number of hydrogen-bond acceptors (Lipinski definition) is 4. The number of rotatable bonds is 8. The average molecular weight is 383 g/mol. The van der Waals surface area contributed by atoms with Gasteiger partial charge in [-0.05, 0) is 34.0 Å². The van der Waals surface area contributed by atoms with Crippen LogP contribution in [0.3, 0.4) is 0 Å². The van der Waals surface area contributed by atoms with Gasteiger partial charge in [-0.3, -0.25) is 4.90 Å². The van der Waals surface area contributed by atoms with Gasteiger partial charge >= 0.3 is 0 Å². The lowest BCUT2D eigenvalue weighted by atomic mass is 10.1. The monoisotopic (exact) mass is 383 g/mol. The van der Waals surface area contributed by atoms with Gasteiger partial charge in [0.25, 0.3) is 0 Å². The van der Waals surface area contributed by atoms with Crippen molar-refractivity contribution in [1.82, 2.24) is 25.1 Å². The van der Waals surface area contributed by atoms with E-state index < -0.39 is 0 Å². The zero-order valence-corrected chi connectivity index (χ0v) is 16.6. The zero-order chi connectivity index (χ0) is 19.9. The minimum absolute atomic E-state index is 0.235. The average Bonchev–Trinajstić information content (AvgIpc) is 3.21. The van der Waals surface area contributed by atoms with Crippen molar-refractivity contribution in [2.75, 3.05) is 0 Å². The fourth-order valence-electron chi connectivity index (χ4n) is 3.49. The van der Waals surface area contributed by atoms with Gasteiger partial charge in [0.15, 0.2) is 5.82 Å². The third kappa shape index (κ3) is 4.95. The molecular formula is C24H25N5. The second-order valence-corrected chi connectivity index (χ2v) is 7.22. The molecule has 5 heteroatoms. The van der Waals surface area contributed by atoms with Gasteiger partial charge in [-0.2, -0.15) is 0 Å². The van der Waals surface area contributed by atoms with Gasteiger partial charge in [0.2, 0.25) is 0 Å². The molecule has 1 aromatic heterocycles. The summed E-state index contributed by atoms with van der Waals surface area (Å²) in [6.07, 6.45) is 0. The summed E-state index contributed by atoms with van der Waals surface area (Å²) in [5.41, 5.74) is 3.75. The van der Waals surface area contributed by atoms with Crippen molar-refractivity contribution < 1.29 is 0 Å². The van der Waals surface area contributed by atoms with E-state index in [0.717, 1.165) is 12.4 Å². The largest absolute Gasteiger partial charge is 0.285 e. The lowest BCUT2D eigenvalue weighted by molar-refractivity contribution is 0.184. The van der Waals surface area contributed by atoms with Crippen molar-refractivity contribution in [2.45, 2.75) is 32.6 Å². The van der Waals surface area contributed by atoms with Crippen LogP contribution in [0.1, 0.15) is 35.5 Å². The molecule has 146 valence electrons. The molecule has 4 rings (SSSR count). The highest BCUT2D eigenvalue weighted by Crippen LogP contribution is 2.24. The molecule has 0 unspecified atom stereocenters. The minimum atomic E-state index is 0.235. The first-order chi connectivity index (χ1) is 14.3. The SMILES string of the molecule is C[C@H](c1ccccc1)N(Cc1ccccc1)Cc1nnnn1Cc1ccccc1. The maximum Gasteiger partial charge on any atom is 0.165 e. The summed E-state index contributed by atoms with van der Waals surface area (Å²) in [4.78, 5) is 2.41. The number of tetrazole rings is 1. The van der Waals surface area contributed by atoms with Gasteiger partial charge in [0.05, 0.1) is 13.1 Å². The summed E-state index contributed by atoms with van der Waals surface area (Å²) in [5, 5.41) is 12.5. The molecule has 0 fully saturated rings. The number of nitrogens with zero attached hydrogens (tertiary/aromatic N) is 5. The molecule has 1 atom stereocenters. The summed E-state index contributed by atoms with van der Waals surface area (Å²) in [6, 6.07) is 31.7. The van der Waals surface area contributed by atoms with E-state index in [1.54, 1.807) is 0 Å². The summed E-state index contributed by atoms with van der Waals surface area (Å²) in [6.45, 7) is 4.41. The van der Waals surface area contributed by atoms with E-state index >= 15 is 0 Å². The Labute approximate surface area is 171 Å². The summed E-state index contributed by atoms with van der Waals surface area (Å²) in [5.74, 6) is 0.868. The third-order valence-electron chi connectivity index (χ3n) is 5.18. The number of benzene rings is 3. The Balaban J connectivity index is 1.58. The first-order valence-electron chi connectivity index (χ1n) is 9.91. The molecular weight excluding hydrogens is 358 g/mol. The van der Waals surface area contributed by atoms with E-state index in [1.165, 1.54) is 16.7 Å². The Hall–Kier alpha value is -3.31. The topological polar surface area (TPSA) is 46.8 Å². The summed E-state index contributed by atoms with van der Waals surface area (Å²) in [7, 11) is 0. The molecule has 3 aromatic carbocycles. The van der Waals surface area contributed by atoms with Crippen LogP contribution in [0.4, 0.5) is 0 Å². The Morgan fingerprint density at radius 3 is 2.00 bits per heavy atom. The van der Waals surface area contributed by atoms with Crippen LogP contribution in [0.25, 0.3) is 0 Å². The van der Waals surface area contributed by atoms with E-state index in [9.17, 15) is 0 Å². The van der Waals surface area contributed by atoms with E-state index in [4.69, 9.17) is 0 Å². The second kappa shape index (κ2) is 9.26. The molecule has 0 N–H and O–H groups in total. The van der Waals surface area contributed by atoms with E-state index in [-0.39, 0.29) is 6.04 Å². The molecule has 1 heterocycles. The lowest BCUT2D eigenvalue weighted by Crippen LogP contribution is -2.28. The van der Waals surface area contributed by atoms with Crippen molar-refractivity contribution >= 4 is 0 Å². The maximum absolute atomic E-state index is 4.33. The van der Waals surface area contributed by atoms with Gasteiger partial charge in [0.1, 0.15) is 0 Å². The van der Waals surface area contributed by atoms with Gasteiger partial charge in [-0.1, -0.05) is 91.0 Å². The first-order valence-corrected chi connectivity index (χ1v) is 9.91. The van der Waals surface area contributed by atoms with Gasteiger partial charge in [-0.15, -0.1) is 5.10 Å². The van der Waals surface area contributed by atoms with Crippen molar-refractivity contribution in [3.05, 3.63) is 114 Å². The molecule has 0 bridgehead atoms. The van der Waals surface area contributed by atoms with Crippen LogP contribution in [-0.2, 0) is 19.6 Å². The van der Waals surface area contributed by atoms with Gasteiger partial charge in [-0.25, -0.2) is 4.68 Å². The summed E-state index contributed by atoms with van der Waals surface area (Å²) >= 11 is 0. The summed E-state index contributed by atoms with van der Waals surface area (Å²) < 4.78 is 1.89. The second-order valence-electron chi connectivity index (χ2n) is 7.22. The molecule has 0 saturated heterocycles. The fraction of sp³-hybridized carbons (Fsp3) is 0.208. The fourth-order valence-corrected chi connectivity index (χ4v) is 3.49. The van der Waals surface area contributed by atoms with Gasteiger partial charge < -0.3 is 0 Å². The van der Waals surface area contributed by atoms with Crippen LogP contribution in [0.5, 0.6) is 0 Å². The minimum Gasteiger partial charge on any atom is -0.285 e. The standard InChI is InChI=1S/C24H25N5/c1-20(23-15-9-4-10-16-23)28(17-21-11-5-2-6-12-21)19-24-25-26-27-29(24)18-22-13-7-3-8-14-22/h2-16,20H,17-19H2,1H3/t20-/m1/s1. The molecule has 0 aliphatic carbocycles. The molecule has 5 nitrogen and oxygen atoms in total. The normalized spacial score (nSPS) is 12.2.